The average Bonchev–Trinajstić information content (AvgIpc) is 1.69. The van der Waals surface area contributed by atoms with E-state index in [-0.39, 0.29) is 249 Å². The Morgan fingerprint density at radius 1 is 0.370 bits per heavy atom. The second kappa shape index (κ2) is 64.4. The van der Waals surface area contributed by atoms with Crippen molar-refractivity contribution in [1.29, 1.82) is 0 Å². The van der Waals surface area contributed by atoms with Gasteiger partial charge in [-0.25, -0.2) is 0 Å². The fourth-order valence-corrected chi connectivity index (χ4v) is 13.9. The Kier molecular flexibility index (Phi) is 56.7. The summed E-state index contributed by atoms with van der Waals surface area (Å²) in [7, 11) is 0. The Balaban J connectivity index is 1.30. The van der Waals surface area contributed by atoms with Crippen LogP contribution >= 0.6 is 0 Å². The molecule has 0 aromatic rings. The van der Waals surface area contributed by atoms with Gasteiger partial charge in [0.2, 0.25) is 47.3 Å². The van der Waals surface area contributed by atoms with Crippen molar-refractivity contribution in [3.8, 4) is 0 Å². The van der Waals surface area contributed by atoms with E-state index < -0.39 is 133 Å². The van der Waals surface area contributed by atoms with Gasteiger partial charge in [0.25, 0.3) is 0 Å². The number of Topliss-reactive ketones (excluding diaryl/α,β-unsaturated/α-hetero) is 1. The van der Waals surface area contributed by atoms with Crippen LogP contribution in [0.5, 0.6) is 0 Å². The number of ketones is 1. The van der Waals surface area contributed by atoms with Crippen molar-refractivity contribution in [2.75, 3.05) is 132 Å². The molecule has 730 valence electrons. The lowest BCUT2D eigenvalue weighted by Gasteiger charge is -2.40. The molecule has 0 radical (unpaired) electrons. The number of aliphatic hydroxyl groups is 7. The third-order valence-corrected chi connectivity index (χ3v) is 21.2. The summed E-state index contributed by atoms with van der Waals surface area (Å²) in [5.41, 5.74) is 16.6. The predicted molar refractivity (Wildman–Crippen MR) is 448 cm³/mol. The largest absolute Gasteiger partial charge is 0.463 e. The number of hydrogen-bond donors (Lipinski definition) is 17. The lowest BCUT2D eigenvalue weighted by atomic mass is 9.98. The van der Waals surface area contributed by atoms with E-state index in [0.29, 0.717) is 83.5 Å². The van der Waals surface area contributed by atoms with Gasteiger partial charge in [-0.15, -0.1) is 0 Å². The second-order valence-electron chi connectivity index (χ2n) is 32.4. The highest BCUT2D eigenvalue weighted by Gasteiger charge is 2.47. The van der Waals surface area contributed by atoms with Gasteiger partial charge in [0.05, 0.1) is 83.4 Å². The van der Waals surface area contributed by atoms with E-state index in [2.05, 4.69) is 37.2 Å². The third kappa shape index (κ3) is 47.3. The van der Waals surface area contributed by atoms with Crippen molar-refractivity contribution in [3.63, 3.8) is 0 Å². The number of carbonyl (C=O) groups excluding carboxylic acids is 13. The summed E-state index contributed by atoms with van der Waals surface area (Å²) in [6.45, 7) is 4.37. The van der Waals surface area contributed by atoms with Gasteiger partial charge in [-0.3, -0.25) is 57.5 Å². The van der Waals surface area contributed by atoms with E-state index in [9.17, 15) is 98.1 Å². The van der Waals surface area contributed by atoms with Crippen LogP contribution in [0.15, 0.2) is 0 Å². The Morgan fingerprint density at radius 3 is 1.00 bits per heavy atom. The highest BCUT2D eigenvalue weighted by atomic mass is 16.7. The molecule has 8 amide bonds. The number of esters is 4. The number of likely N-dealkylation sites (tertiary alicyclic amines) is 1. The van der Waals surface area contributed by atoms with Gasteiger partial charge in [0.15, 0.2) is 18.9 Å². The van der Waals surface area contributed by atoms with Crippen molar-refractivity contribution in [2.24, 2.45) is 17.2 Å². The highest BCUT2D eigenvalue weighted by Crippen LogP contribution is 2.27. The molecule has 0 bridgehead atoms. The van der Waals surface area contributed by atoms with Crippen LogP contribution < -0.4 is 54.4 Å². The van der Waals surface area contributed by atoms with Crippen LogP contribution in [-0.2, 0) is 124 Å². The van der Waals surface area contributed by atoms with Gasteiger partial charge in [-0.2, -0.15) is 0 Å². The fourth-order valence-electron chi connectivity index (χ4n) is 13.9. The number of aliphatic hydroxyl groups excluding tert-OH is 7. The van der Waals surface area contributed by atoms with Crippen LogP contribution in [0.4, 0.5) is 0 Å². The molecule has 4 saturated heterocycles. The van der Waals surface area contributed by atoms with Crippen LogP contribution in [0, 0.1) is 0 Å². The molecule has 0 aromatic heterocycles. The van der Waals surface area contributed by atoms with Crippen molar-refractivity contribution >= 4 is 76.9 Å². The second-order valence-corrected chi connectivity index (χ2v) is 32.4. The summed E-state index contributed by atoms with van der Waals surface area (Å²) < 4.78 is 72.6. The summed E-state index contributed by atoms with van der Waals surface area (Å²) in [4.78, 5) is 164. The Labute approximate surface area is 741 Å². The summed E-state index contributed by atoms with van der Waals surface area (Å²) in [6, 6.07) is -3.72. The van der Waals surface area contributed by atoms with E-state index >= 15 is 0 Å². The van der Waals surface area contributed by atoms with Gasteiger partial charge in [0.1, 0.15) is 92.2 Å². The standard InChI is InChI=1S/C83H145N11O33/c1-53(96)27-28-70(108)124-58-44-57(46-95)94(45-58)69(107)26-12-10-8-6-5-7-9-11-25-68(106)93-83(50-115-41-29-65(103)90-35-19-32-87-62(100)22-13-16-38-118-80-71(84)77(112)74(109)59(125-80)47-121-54(2)97,51-116-42-30-66(104)91-36-20-33-88-63(101)23-14-17-39-119-81-72(85)78(113)75(110)60(126-81)48-122-55(3)98)52-117-43-31-67(105)92-37-21-34-89-64(102)24-15-18-40-120-82-73(86)79(114)76(111)61(127-82)49-123-56(4)99/h57-61,71-82,95,109-114H,5-52,84-86H2,1-4H3,(H,87,100)(H,88,101)(H,89,102)(H,90,103)(H,91,104)(H,92,105)(H,93,106)/t57-,58+,59?,60?,61?,71?,72?,73?,74?,75?,76?,77?,78?,79?,80?,81?,82?,83?/m0/s1. The maximum absolute atomic E-state index is 14.1. The van der Waals surface area contributed by atoms with Gasteiger partial charge >= 0.3 is 23.9 Å². The third-order valence-electron chi connectivity index (χ3n) is 21.2. The monoisotopic (exact) mass is 1820 g/mol. The predicted octanol–water partition coefficient (Wildman–Crippen LogP) is -3.72. The van der Waals surface area contributed by atoms with Crippen LogP contribution in [0.3, 0.4) is 0 Å². The minimum absolute atomic E-state index is 0.0490. The van der Waals surface area contributed by atoms with E-state index in [0.717, 1.165) is 32.1 Å². The molecule has 4 fully saturated rings. The maximum atomic E-state index is 14.1. The number of nitrogens with zero attached hydrogens (tertiary/aromatic N) is 1. The van der Waals surface area contributed by atoms with Crippen LogP contribution in [0.2, 0.25) is 0 Å². The molecule has 44 heteroatoms. The average molecular weight is 1830 g/mol. The number of hydrogen-bond acceptors (Lipinski definition) is 36. The molecular weight excluding hydrogens is 1680 g/mol. The van der Waals surface area contributed by atoms with Gasteiger partial charge in [-0.05, 0) is 77.6 Å². The summed E-state index contributed by atoms with van der Waals surface area (Å²) in [6.07, 6.45) is -5.06. The first kappa shape index (κ1) is 112. The Morgan fingerprint density at radius 2 is 0.677 bits per heavy atom. The van der Waals surface area contributed by atoms with Crippen molar-refractivity contribution in [3.05, 3.63) is 0 Å². The van der Waals surface area contributed by atoms with Gasteiger partial charge in [0, 0.05) is 144 Å². The molecular formula is C83H145N11O33. The molecule has 4 aliphatic heterocycles. The molecule has 44 nitrogen and oxygen atoms in total. The topological polar surface area (TPSA) is 649 Å². The first-order valence-corrected chi connectivity index (χ1v) is 44.5. The number of carbonyl (C=O) groups is 13. The van der Waals surface area contributed by atoms with E-state index in [1.54, 1.807) is 4.90 Å². The van der Waals surface area contributed by atoms with E-state index in [1.165, 1.54) is 27.7 Å². The van der Waals surface area contributed by atoms with Crippen molar-refractivity contribution in [2.45, 2.75) is 317 Å². The van der Waals surface area contributed by atoms with Gasteiger partial charge in [-0.1, -0.05) is 38.5 Å². The highest BCUT2D eigenvalue weighted by molar-refractivity contribution is 5.82. The Bertz CT molecular complexity index is 3020. The van der Waals surface area contributed by atoms with Gasteiger partial charge < -0.3 is 161 Å². The van der Waals surface area contributed by atoms with Crippen molar-refractivity contribution in [1.82, 2.24) is 42.1 Å². The molecule has 127 heavy (non-hydrogen) atoms. The van der Waals surface area contributed by atoms with E-state index in [1.807, 2.05) is 0 Å². The number of nitrogens with two attached hydrogens (primary N) is 3. The van der Waals surface area contributed by atoms with Crippen LogP contribution in [0.25, 0.3) is 0 Å². The zero-order valence-corrected chi connectivity index (χ0v) is 74.2. The zero-order valence-electron chi connectivity index (χ0n) is 74.2. The molecule has 4 aliphatic rings. The number of ether oxygens (including phenoxy) is 13. The smallest absolute Gasteiger partial charge is 0.306 e. The number of unbranched alkanes of at least 4 members (excludes halogenated alkanes) is 10. The van der Waals surface area contributed by atoms with Crippen LogP contribution in [0.1, 0.15) is 207 Å². The van der Waals surface area contributed by atoms with Crippen LogP contribution in [-0.4, -0.2) is 359 Å². The summed E-state index contributed by atoms with van der Waals surface area (Å²) >= 11 is 0. The molecule has 4 rings (SSSR count). The minimum Gasteiger partial charge on any atom is -0.463 e. The SMILES string of the molecule is CC(=O)CCC(=O)O[C@@H]1C[C@@H](CO)N(C(=O)CCCCCCCCCCC(=O)NC(COCCC(=O)NCCCNC(=O)CCCCOC2OC(COC(C)=O)C(O)C(O)C2N)(COCCC(=O)NCCCNC(=O)CCCCOC2OC(COC(C)=O)C(O)C(O)C2N)COCCC(=O)NCCCNC(=O)CCCCOC2OC(COC(C)=O)C(O)C(O)C2N)C1. The molecule has 20 N–H and O–H groups in total. The summed E-state index contributed by atoms with van der Waals surface area (Å²) in [5.74, 6) is -4.87. The molecule has 0 aromatic carbocycles. The fraction of sp³-hybridized carbons (Fsp3) is 0.843. The normalized spacial score (nSPS) is 24.4. The number of amides is 8. The first-order valence-electron chi connectivity index (χ1n) is 44.5. The number of rotatable bonds is 68. The quantitative estimate of drug-likeness (QED) is 0.0158. The van der Waals surface area contributed by atoms with E-state index in [4.69, 9.17) is 78.8 Å². The van der Waals surface area contributed by atoms with Crippen molar-refractivity contribution < 1.29 is 160 Å². The molecule has 17 atom stereocenters. The summed E-state index contributed by atoms with van der Waals surface area (Å²) in [5, 5.41) is 91.9. The molecule has 0 spiro atoms. The lowest BCUT2D eigenvalue weighted by Crippen LogP contribution is -2.62. The molecule has 0 saturated carbocycles. The maximum Gasteiger partial charge on any atom is 0.306 e. The Hall–Kier alpha value is -7.45. The molecule has 4 heterocycles. The minimum atomic E-state index is -1.45. The molecule has 15 unspecified atom stereocenters. The number of nitrogens with one attached hydrogen (secondary N) is 7. The zero-order chi connectivity index (χ0) is 93.5. The lowest BCUT2D eigenvalue weighted by molar-refractivity contribution is -0.267. The molecule has 0 aliphatic carbocycles. The first-order chi connectivity index (χ1) is 60.7.